The normalized spacial score (nSPS) is 15.0. The van der Waals surface area contributed by atoms with Crippen molar-refractivity contribution >= 4 is 21.8 Å². The summed E-state index contributed by atoms with van der Waals surface area (Å²) < 4.78 is 0. The topological polar surface area (TPSA) is 29.1 Å². The van der Waals surface area contributed by atoms with Crippen molar-refractivity contribution in [3.8, 4) is 0 Å². The highest BCUT2D eigenvalue weighted by atomic mass is 79.9. The molecule has 2 atom stereocenters. The summed E-state index contributed by atoms with van der Waals surface area (Å²) in [6, 6.07) is 8.48. The molecule has 0 bridgehead atoms. The summed E-state index contributed by atoms with van der Waals surface area (Å²) in [5.74, 6) is 0.0161. The third-order valence-corrected chi connectivity index (χ3v) is 3.41. The number of halogens is 1. The van der Waals surface area contributed by atoms with Crippen molar-refractivity contribution in [2.75, 3.05) is 0 Å². The smallest absolute Gasteiger partial charge is 0.233 e. The predicted octanol–water partition coefficient (Wildman–Crippen LogP) is 3.94. The number of carbonyl (C=O) groups is 1. The second-order valence-electron chi connectivity index (χ2n) is 5.72. The first kappa shape index (κ1) is 15.2. The van der Waals surface area contributed by atoms with Crippen LogP contribution in [0.3, 0.4) is 0 Å². The summed E-state index contributed by atoms with van der Waals surface area (Å²) in [5, 5.41) is 2.97. The molecule has 1 amide bonds. The molecule has 0 aliphatic rings. The maximum Gasteiger partial charge on any atom is 0.233 e. The third-order valence-electron chi connectivity index (χ3n) is 3.00. The van der Waals surface area contributed by atoms with Crippen LogP contribution in [0.4, 0.5) is 0 Å². The van der Waals surface area contributed by atoms with E-state index >= 15 is 0 Å². The van der Waals surface area contributed by atoms with Crippen molar-refractivity contribution in [2.45, 2.75) is 50.9 Å². The molecule has 100 valence electrons. The average Bonchev–Trinajstić information content (AvgIpc) is 2.27. The van der Waals surface area contributed by atoms with Crippen LogP contribution in [0.25, 0.3) is 0 Å². The fourth-order valence-corrected chi connectivity index (χ4v) is 1.82. The fraction of sp³-hybridized carbons (Fsp3) is 0.533. The minimum absolute atomic E-state index is 0.0161. The van der Waals surface area contributed by atoms with Gasteiger partial charge in [-0.25, -0.2) is 0 Å². The van der Waals surface area contributed by atoms with E-state index in [0.717, 1.165) is 5.56 Å². The number of alkyl halides is 1. The van der Waals surface area contributed by atoms with Crippen LogP contribution in [0.15, 0.2) is 24.3 Å². The van der Waals surface area contributed by atoms with E-state index < -0.39 is 0 Å². The van der Waals surface area contributed by atoms with Crippen molar-refractivity contribution in [3.63, 3.8) is 0 Å². The molecule has 0 aliphatic heterocycles. The monoisotopic (exact) mass is 311 g/mol. The van der Waals surface area contributed by atoms with E-state index in [2.05, 4.69) is 66.3 Å². The van der Waals surface area contributed by atoms with E-state index in [-0.39, 0.29) is 22.2 Å². The van der Waals surface area contributed by atoms with Crippen LogP contribution >= 0.6 is 15.9 Å². The number of carbonyl (C=O) groups excluding carboxylic acids is 1. The number of amides is 1. The standard InChI is InChI=1S/C15H22BrNO/c1-10(16)14(18)17-11(2)12-6-8-13(9-7-12)15(3,4)5/h6-11H,1-5H3,(H,17,18). The number of rotatable bonds is 3. The first-order valence-electron chi connectivity index (χ1n) is 6.26. The molecule has 0 fully saturated rings. The summed E-state index contributed by atoms with van der Waals surface area (Å²) >= 11 is 3.27. The highest BCUT2D eigenvalue weighted by molar-refractivity contribution is 9.10. The molecule has 3 heteroatoms. The lowest BCUT2D eigenvalue weighted by molar-refractivity contribution is -0.120. The molecule has 0 saturated carbocycles. The SMILES string of the molecule is CC(Br)C(=O)NC(C)c1ccc(C(C)(C)C)cc1. The minimum Gasteiger partial charge on any atom is -0.349 e. The van der Waals surface area contributed by atoms with Gasteiger partial charge in [0.1, 0.15) is 0 Å². The minimum atomic E-state index is -0.159. The zero-order valence-corrected chi connectivity index (χ0v) is 13.3. The molecule has 1 aromatic carbocycles. The van der Waals surface area contributed by atoms with E-state index in [1.165, 1.54) is 5.56 Å². The Labute approximate surface area is 118 Å². The van der Waals surface area contributed by atoms with Gasteiger partial charge in [-0.15, -0.1) is 0 Å². The van der Waals surface area contributed by atoms with Gasteiger partial charge in [0.05, 0.1) is 10.9 Å². The molecular formula is C15H22BrNO. The highest BCUT2D eigenvalue weighted by Gasteiger charge is 2.16. The average molecular weight is 312 g/mol. The first-order chi connectivity index (χ1) is 8.21. The molecule has 1 N–H and O–H groups in total. The number of benzene rings is 1. The first-order valence-corrected chi connectivity index (χ1v) is 7.18. The Morgan fingerprint density at radius 3 is 2.06 bits per heavy atom. The van der Waals surface area contributed by atoms with E-state index in [1.807, 2.05) is 13.8 Å². The van der Waals surface area contributed by atoms with Gasteiger partial charge in [0, 0.05) is 0 Å². The summed E-state index contributed by atoms with van der Waals surface area (Å²) in [5.41, 5.74) is 2.60. The van der Waals surface area contributed by atoms with Crippen molar-refractivity contribution in [1.82, 2.24) is 5.32 Å². The van der Waals surface area contributed by atoms with Gasteiger partial charge < -0.3 is 5.32 Å². The van der Waals surface area contributed by atoms with Gasteiger partial charge in [-0.3, -0.25) is 4.79 Å². The molecule has 0 aromatic heterocycles. The van der Waals surface area contributed by atoms with E-state index in [0.29, 0.717) is 0 Å². The molecule has 18 heavy (non-hydrogen) atoms. The van der Waals surface area contributed by atoms with Gasteiger partial charge in [0.25, 0.3) is 0 Å². The Kier molecular flexibility index (Phi) is 4.97. The number of nitrogens with one attached hydrogen (secondary N) is 1. The molecule has 0 aliphatic carbocycles. The van der Waals surface area contributed by atoms with Crippen LogP contribution in [0.5, 0.6) is 0 Å². The Morgan fingerprint density at radius 1 is 1.17 bits per heavy atom. The summed E-state index contributed by atoms with van der Waals surface area (Å²) in [4.78, 5) is 11.4. The van der Waals surface area contributed by atoms with Crippen LogP contribution in [0, 0.1) is 0 Å². The van der Waals surface area contributed by atoms with E-state index in [9.17, 15) is 4.79 Å². The molecule has 1 aromatic rings. The van der Waals surface area contributed by atoms with Crippen LogP contribution in [-0.2, 0) is 10.2 Å². The molecule has 0 saturated heterocycles. The Bertz CT molecular complexity index is 403. The molecule has 2 unspecified atom stereocenters. The molecular weight excluding hydrogens is 290 g/mol. The van der Waals surface area contributed by atoms with Gasteiger partial charge >= 0.3 is 0 Å². The van der Waals surface area contributed by atoms with Crippen molar-refractivity contribution in [2.24, 2.45) is 0 Å². The quantitative estimate of drug-likeness (QED) is 0.842. The van der Waals surface area contributed by atoms with Crippen molar-refractivity contribution in [3.05, 3.63) is 35.4 Å². The molecule has 1 rings (SSSR count). The van der Waals surface area contributed by atoms with E-state index in [1.54, 1.807) is 0 Å². The second kappa shape index (κ2) is 5.87. The maximum atomic E-state index is 11.6. The molecule has 0 radical (unpaired) electrons. The zero-order chi connectivity index (χ0) is 13.9. The van der Waals surface area contributed by atoms with Gasteiger partial charge in [-0.1, -0.05) is 61.0 Å². The van der Waals surface area contributed by atoms with Gasteiger partial charge in [-0.2, -0.15) is 0 Å². The van der Waals surface area contributed by atoms with Gasteiger partial charge in [0.15, 0.2) is 0 Å². The van der Waals surface area contributed by atoms with Crippen molar-refractivity contribution < 1.29 is 4.79 Å². The number of hydrogen-bond donors (Lipinski definition) is 1. The van der Waals surface area contributed by atoms with Crippen LogP contribution in [0.1, 0.15) is 51.8 Å². The summed E-state index contributed by atoms with van der Waals surface area (Å²) in [6.07, 6.45) is 0. The zero-order valence-electron chi connectivity index (χ0n) is 11.8. The lowest BCUT2D eigenvalue weighted by Gasteiger charge is -2.21. The van der Waals surface area contributed by atoms with Crippen molar-refractivity contribution in [1.29, 1.82) is 0 Å². The van der Waals surface area contributed by atoms with E-state index in [4.69, 9.17) is 0 Å². The summed E-state index contributed by atoms with van der Waals surface area (Å²) in [6.45, 7) is 10.4. The molecule has 2 nitrogen and oxygen atoms in total. The van der Waals surface area contributed by atoms with Crippen LogP contribution in [-0.4, -0.2) is 10.7 Å². The third kappa shape index (κ3) is 4.13. The fourth-order valence-electron chi connectivity index (χ4n) is 1.68. The van der Waals surface area contributed by atoms with Gasteiger partial charge in [0.2, 0.25) is 5.91 Å². The maximum absolute atomic E-state index is 11.6. The number of hydrogen-bond acceptors (Lipinski definition) is 1. The molecule has 0 spiro atoms. The van der Waals surface area contributed by atoms with Gasteiger partial charge in [-0.05, 0) is 30.4 Å². The second-order valence-corrected chi connectivity index (χ2v) is 7.09. The van der Waals surface area contributed by atoms with Crippen LogP contribution in [0.2, 0.25) is 0 Å². The Hall–Kier alpha value is -0.830. The summed E-state index contributed by atoms with van der Waals surface area (Å²) in [7, 11) is 0. The predicted molar refractivity (Wildman–Crippen MR) is 80.1 cm³/mol. The lowest BCUT2D eigenvalue weighted by Crippen LogP contribution is -2.31. The molecule has 0 heterocycles. The Balaban J connectivity index is 2.76. The van der Waals surface area contributed by atoms with Crippen LogP contribution < -0.4 is 5.32 Å². The highest BCUT2D eigenvalue weighted by Crippen LogP contribution is 2.23. The lowest BCUT2D eigenvalue weighted by atomic mass is 9.86. The largest absolute Gasteiger partial charge is 0.349 e. The Morgan fingerprint density at radius 2 is 1.67 bits per heavy atom.